The molecule has 25 heavy (non-hydrogen) atoms. The molecule has 1 saturated heterocycles. The van der Waals surface area contributed by atoms with Crippen molar-refractivity contribution >= 4 is 16.9 Å². The third-order valence-electron chi connectivity index (χ3n) is 4.96. The highest BCUT2D eigenvalue weighted by Crippen LogP contribution is 2.28. The van der Waals surface area contributed by atoms with Gasteiger partial charge in [-0.1, -0.05) is 12.1 Å². The number of nitrogens with one attached hydrogen (secondary N) is 3. The van der Waals surface area contributed by atoms with Crippen molar-refractivity contribution in [1.82, 2.24) is 30.4 Å². The van der Waals surface area contributed by atoms with E-state index in [1.807, 2.05) is 43.5 Å². The first-order valence-corrected chi connectivity index (χ1v) is 8.65. The summed E-state index contributed by atoms with van der Waals surface area (Å²) in [4.78, 5) is 21.1. The maximum atomic E-state index is 13.2. The lowest BCUT2D eigenvalue weighted by Crippen LogP contribution is -2.55. The summed E-state index contributed by atoms with van der Waals surface area (Å²) in [5.41, 5.74) is 1.24. The lowest BCUT2D eigenvalue weighted by Gasteiger charge is -2.37. The Labute approximate surface area is 145 Å². The zero-order valence-corrected chi connectivity index (χ0v) is 14.2. The summed E-state index contributed by atoms with van der Waals surface area (Å²) in [5.74, 6) is 0.754. The number of aromatic nitrogens is 4. The van der Waals surface area contributed by atoms with Crippen molar-refractivity contribution in [2.24, 2.45) is 0 Å². The monoisotopic (exact) mass is 338 g/mol. The van der Waals surface area contributed by atoms with Gasteiger partial charge < -0.3 is 15.6 Å². The number of aromatic amines is 1. The predicted octanol–water partition coefficient (Wildman–Crippen LogP) is 1.72. The molecule has 7 nitrogen and oxygen atoms in total. The lowest BCUT2D eigenvalue weighted by molar-refractivity contribution is -0.132. The van der Waals surface area contributed by atoms with E-state index in [1.165, 1.54) is 0 Å². The van der Waals surface area contributed by atoms with E-state index < -0.39 is 5.54 Å². The van der Waals surface area contributed by atoms with Crippen LogP contribution in [0, 0.1) is 0 Å². The van der Waals surface area contributed by atoms with E-state index in [2.05, 4.69) is 25.7 Å². The predicted molar refractivity (Wildman–Crippen MR) is 95.0 cm³/mol. The molecule has 2 aromatic heterocycles. The van der Waals surface area contributed by atoms with Gasteiger partial charge in [0.05, 0.1) is 17.1 Å². The van der Waals surface area contributed by atoms with E-state index in [0.29, 0.717) is 12.8 Å². The molecule has 0 bridgehead atoms. The third kappa shape index (κ3) is 2.80. The zero-order valence-electron chi connectivity index (χ0n) is 14.2. The summed E-state index contributed by atoms with van der Waals surface area (Å²) < 4.78 is 1.80. The fraction of sp³-hybridized carbons (Fsp3) is 0.389. The second kappa shape index (κ2) is 6.33. The number of para-hydroxylation sites is 2. The number of carbonyl (C=O) groups is 1. The van der Waals surface area contributed by atoms with Gasteiger partial charge in [0.1, 0.15) is 11.4 Å². The van der Waals surface area contributed by atoms with Crippen molar-refractivity contribution in [2.45, 2.75) is 31.3 Å². The molecule has 1 unspecified atom stereocenters. The van der Waals surface area contributed by atoms with Crippen LogP contribution in [0.4, 0.5) is 0 Å². The molecular formula is C18H22N6O. The number of benzene rings is 1. The number of rotatable bonds is 4. The number of imidazole rings is 1. The molecule has 1 atom stereocenters. The van der Waals surface area contributed by atoms with E-state index >= 15 is 0 Å². The number of hydrogen-bond donors (Lipinski definition) is 3. The van der Waals surface area contributed by atoms with Gasteiger partial charge >= 0.3 is 0 Å². The van der Waals surface area contributed by atoms with Crippen LogP contribution in [0.25, 0.3) is 11.0 Å². The van der Waals surface area contributed by atoms with Gasteiger partial charge in [-0.25, -0.2) is 4.98 Å². The molecule has 3 heterocycles. The van der Waals surface area contributed by atoms with Crippen molar-refractivity contribution in [1.29, 1.82) is 0 Å². The highest BCUT2D eigenvalue weighted by atomic mass is 16.2. The minimum atomic E-state index is -0.644. The van der Waals surface area contributed by atoms with Crippen LogP contribution in [0.3, 0.4) is 0 Å². The van der Waals surface area contributed by atoms with E-state index in [-0.39, 0.29) is 11.9 Å². The largest absolute Gasteiger partial charge is 0.344 e. The first kappa shape index (κ1) is 15.8. The molecule has 4 rings (SSSR count). The second-order valence-corrected chi connectivity index (χ2v) is 6.57. The molecule has 0 aliphatic carbocycles. The molecule has 1 amide bonds. The van der Waals surface area contributed by atoms with Gasteiger partial charge in [-0.2, -0.15) is 5.10 Å². The van der Waals surface area contributed by atoms with Gasteiger partial charge in [0.2, 0.25) is 5.91 Å². The Morgan fingerprint density at radius 1 is 1.28 bits per heavy atom. The SMILES string of the molecule is CC(NC(=O)C1(n2cccn2)CCNCC1)c1nc2ccccc2[nH]1. The minimum Gasteiger partial charge on any atom is -0.344 e. The molecule has 3 N–H and O–H groups in total. The van der Waals surface area contributed by atoms with E-state index in [9.17, 15) is 4.79 Å². The van der Waals surface area contributed by atoms with Crippen molar-refractivity contribution in [3.8, 4) is 0 Å². The number of amides is 1. The van der Waals surface area contributed by atoms with Crippen LogP contribution in [0.2, 0.25) is 0 Å². The number of H-pyrrole nitrogens is 1. The van der Waals surface area contributed by atoms with Gasteiger partial charge in [0, 0.05) is 12.4 Å². The molecule has 0 spiro atoms. The maximum absolute atomic E-state index is 13.2. The highest BCUT2D eigenvalue weighted by molar-refractivity contribution is 5.85. The topological polar surface area (TPSA) is 87.6 Å². The van der Waals surface area contributed by atoms with Gasteiger partial charge in [-0.15, -0.1) is 0 Å². The Hall–Kier alpha value is -2.67. The number of nitrogens with zero attached hydrogens (tertiary/aromatic N) is 3. The van der Waals surface area contributed by atoms with Crippen LogP contribution >= 0.6 is 0 Å². The molecule has 1 aliphatic rings. The van der Waals surface area contributed by atoms with Crippen molar-refractivity contribution in [3.05, 3.63) is 48.5 Å². The van der Waals surface area contributed by atoms with Crippen LogP contribution < -0.4 is 10.6 Å². The van der Waals surface area contributed by atoms with Crippen LogP contribution in [0.1, 0.15) is 31.6 Å². The Balaban J connectivity index is 1.58. The molecule has 7 heteroatoms. The third-order valence-corrected chi connectivity index (χ3v) is 4.96. The summed E-state index contributed by atoms with van der Waals surface area (Å²) in [6, 6.07) is 9.52. The standard InChI is InChI=1S/C18H22N6O/c1-13(16-22-14-5-2-3-6-15(14)23-16)21-17(25)18(7-10-19-11-8-18)24-12-4-9-20-24/h2-6,9,12-13,19H,7-8,10-11H2,1H3,(H,21,25)(H,22,23). The molecule has 1 aromatic carbocycles. The summed E-state index contributed by atoms with van der Waals surface area (Å²) in [6.45, 7) is 3.55. The van der Waals surface area contributed by atoms with Gasteiger partial charge in [0.15, 0.2) is 0 Å². The maximum Gasteiger partial charge on any atom is 0.248 e. The number of piperidine rings is 1. The molecule has 130 valence electrons. The van der Waals surface area contributed by atoms with Crippen LogP contribution in [-0.2, 0) is 10.3 Å². The summed E-state index contributed by atoms with van der Waals surface area (Å²) in [7, 11) is 0. The Kier molecular flexibility index (Phi) is 4.01. The normalized spacial score (nSPS) is 18.1. The summed E-state index contributed by atoms with van der Waals surface area (Å²) >= 11 is 0. The fourth-order valence-electron chi connectivity index (χ4n) is 3.50. The molecule has 1 fully saturated rings. The number of fused-ring (bicyclic) bond motifs is 1. The van der Waals surface area contributed by atoms with Gasteiger partial charge in [0.25, 0.3) is 0 Å². The Morgan fingerprint density at radius 3 is 2.80 bits per heavy atom. The van der Waals surface area contributed by atoms with Gasteiger partial charge in [-0.3, -0.25) is 9.48 Å². The summed E-state index contributed by atoms with van der Waals surface area (Å²) in [6.07, 6.45) is 5.03. The van der Waals surface area contributed by atoms with Crippen LogP contribution in [0.5, 0.6) is 0 Å². The molecule has 0 radical (unpaired) electrons. The number of carbonyl (C=O) groups excluding carboxylic acids is 1. The van der Waals surface area contributed by atoms with Crippen molar-refractivity contribution in [2.75, 3.05) is 13.1 Å². The second-order valence-electron chi connectivity index (χ2n) is 6.57. The van der Waals surface area contributed by atoms with Crippen molar-refractivity contribution < 1.29 is 4.79 Å². The molecule has 3 aromatic rings. The average molecular weight is 338 g/mol. The van der Waals surface area contributed by atoms with Crippen LogP contribution in [-0.4, -0.2) is 38.7 Å². The quantitative estimate of drug-likeness (QED) is 0.676. The number of hydrogen-bond acceptors (Lipinski definition) is 4. The van der Waals surface area contributed by atoms with E-state index in [1.54, 1.807) is 10.9 Å². The Bertz CT molecular complexity index is 830. The Morgan fingerprint density at radius 2 is 2.08 bits per heavy atom. The first-order chi connectivity index (χ1) is 12.2. The smallest absolute Gasteiger partial charge is 0.248 e. The molecule has 1 aliphatic heterocycles. The lowest BCUT2D eigenvalue weighted by atomic mass is 9.87. The molecule has 0 saturated carbocycles. The van der Waals surface area contributed by atoms with Gasteiger partial charge in [-0.05, 0) is 51.1 Å². The zero-order chi connectivity index (χ0) is 17.3. The molecular weight excluding hydrogens is 316 g/mol. The van der Waals surface area contributed by atoms with Crippen LogP contribution in [0.15, 0.2) is 42.7 Å². The van der Waals surface area contributed by atoms with Crippen molar-refractivity contribution in [3.63, 3.8) is 0 Å². The average Bonchev–Trinajstić information content (AvgIpc) is 3.32. The highest BCUT2D eigenvalue weighted by Gasteiger charge is 2.42. The van der Waals surface area contributed by atoms with E-state index in [4.69, 9.17) is 0 Å². The first-order valence-electron chi connectivity index (χ1n) is 8.65. The summed E-state index contributed by atoms with van der Waals surface area (Å²) in [5, 5.41) is 10.8. The van der Waals surface area contributed by atoms with E-state index in [0.717, 1.165) is 29.9 Å². The minimum absolute atomic E-state index is 0.00865. The fourth-order valence-corrected chi connectivity index (χ4v) is 3.50.